The van der Waals surface area contributed by atoms with E-state index in [4.69, 9.17) is 11.2 Å². The summed E-state index contributed by atoms with van der Waals surface area (Å²) in [7, 11) is 0. The molecule has 0 aromatic heterocycles. The van der Waals surface area contributed by atoms with E-state index in [1.165, 1.54) is 4.90 Å². The van der Waals surface area contributed by atoms with Crippen LogP contribution in [0.5, 0.6) is 0 Å². The molecule has 0 spiro atoms. The van der Waals surface area contributed by atoms with Crippen LogP contribution in [0, 0.1) is 12.3 Å². The molecule has 7 nitrogen and oxygen atoms in total. The van der Waals surface area contributed by atoms with Crippen molar-refractivity contribution in [3.8, 4) is 12.3 Å². The summed E-state index contributed by atoms with van der Waals surface area (Å²) < 4.78 is 5.25. The lowest BCUT2D eigenvalue weighted by atomic mass is 10.0. The number of hydrogen-bond donors (Lipinski definition) is 2. The molecule has 0 heterocycles. The molecule has 2 unspecified atom stereocenters. The number of benzene rings is 1. The van der Waals surface area contributed by atoms with Crippen molar-refractivity contribution in [3.63, 3.8) is 0 Å². The zero-order chi connectivity index (χ0) is 23.8. The van der Waals surface area contributed by atoms with E-state index in [9.17, 15) is 14.4 Å². The number of hydrogen-bond acceptors (Lipinski definition) is 4. The largest absolute Gasteiger partial charge is 0.444 e. The fourth-order valence-corrected chi connectivity index (χ4v) is 3.00. The Balaban J connectivity index is 3.24. The lowest BCUT2D eigenvalue weighted by molar-refractivity contribution is -0.142. The maximum absolute atomic E-state index is 13.3. The summed E-state index contributed by atoms with van der Waals surface area (Å²) in [6.07, 6.45) is 5.39. The third kappa shape index (κ3) is 8.33. The summed E-state index contributed by atoms with van der Waals surface area (Å²) >= 11 is 0. The molecule has 1 rings (SSSR count). The lowest BCUT2D eigenvalue weighted by Crippen LogP contribution is -2.52. The number of amides is 3. The third-order valence-electron chi connectivity index (χ3n) is 4.24. The minimum Gasteiger partial charge on any atom is -0.444 e. The zero-order valence-electron chi connectivity index (χ0n) is 19.6. The van der Waals surface area contributed by atoms with Crippen molar-refractivity contribution in [1.82, 2.24) is 15.5 Å². The van der Waals surface area contributed by atoms with Gasteiger partial charge in [-0.15, -0.1) is 6.42 Å². The normalized spacial score (nSPS) is 13.0. The first-order chi connectivity index (χ1) is 14.4. The molecule has 0 aliphatic heterocycles. The molecule has 2 atom stereocenters. The van der Waals surface area contributed by atoms with Crippen LogP contribution >= 0.6 is 0 Å². The Morgan fingerprint density at radius 2 is 1.68 bits per heavy atom. The van der Waals surface area contributed by atoms with Gasteiger partial charge >= 0.3 is 6.09 Å². The molecule has 0 bridgehead atoms. The van der Waals surface area contributed by atoms with Crippen LogP contribution in [0.25, 0.3) is 0 Å². The van der Waals surface area contributed by atoms with E-state index < -0.39 is 23.8 Å². The Morgan fingerprint density at radius 3 is 2.13 bits per heavy atom. The highest BCUT2D eigenvalue weighted by molar-refractivity contribution is 5.92. The maximum atomic E-state index is 13.3. The molecular weight excluding hydrogens is 394 g/mol. The second kappa shape index (κ2) is 11.4. The Labute approximate surface area is 185 Å². The molecular formula is C24H35N3O4. The Kier molecular flexibility index (Phi) is 9.57. The highest BCUT2D eigenvalue weighted by atomic mass is 16.6. The average Bonchev–Trinajstić information content (AvgIpc) is 2.65. The van der Waals surface area contributed by atoms with Crippen molar-refractivity contribution in [3.05, 3.63) is 35.4 Å². The Bertz CT molecular complexity index is 804. The second-order valence-electron chi connectivity index (χ2n) is 8.73. The summed E-state index contributed by atoms with van der Waals surface area (Å²) in [5.74, 6) is 1.87. The van der Waals surface area contributed by atoms with Gasteiger partial charge in [0.2, 0.25) is 11.8 Å². The van der Waals surface area contributed by atoms with Crippen LogP contribution in [-0.2, 0) is 14.3 Å². The van der Waals surface area contributed by atoms with E-state index in [1.807, 2.05) is 20.8 Å². The summed E-state index contributed by atoms with van der Waals surface area (Å²) in [5, 5.41) is 5.46. The average molecular weight is 430 g/mol. The first kappa shape index (κ1) is 26.0. The minimum atomic E-state index is -0.874. The molecule has 0 aliphatic carbocycles. The van der Waals surface area contributed by atoms with Crippen molar-refractivity contribution in [2.24, 2.45) is 0 Å². The molecule has 3 amide bonds. The van der Waals surface area contributed by atoms with Gasteiger partial charge in [-0.1, -0.05) is 25.0 Å². The van der Waals surface area contributed by atoms with Gasteiger partial charge in [0.15, 0.2) is 0 Å². The molecule has 0 saturated heterocycles. The molecule has 170 valence electrons. The summed E-state index contributed by atoms with van der Waals surface area (Å²) in [6, 6.07) is 5.15. The number of alkyl carbamates (subject to hydrolysis) is 1. The van der Waals surface area contributed by atoms with Gasteiger partial charge < -0.3 is 20.3 Å². The van der Waals surface area contributed by atoms with Gasteiger partial charge in [-0.3, -0.25) is 9.59 Å². The van der Waals surface area contributed by atoms with Crippen molar-refractivity contribution >= 4 is 17.9 Å². The smallest absolute Gasteiger partial charge is 0.408 e. The Hall–Kier alpha value is -3.01. The molecule has 0 saturated carbocycles. The zero-order valence-corrected chi connectivity index (χ0v) is 19.6. The van der Waals surface area contributed by atoms with Gasteiger partial charge in [0.05, 0.1) is 0 Å². The van der Waals surface area contributed by atoms with Crippen molar-refractivity contribution in [1.29, 1.82) is 0 Å². The molecule has 0 radical (unpaired) electrons. The van der Waals surface area contributed by atoms with Crippen LogP contribution in [-0.4, -0.2) is 47.0 Å². The predicted octanol–water partition coefficient (Wildman–Crippen LogP) is 3.39. The van der Waals surface area contributed by atoms with Gasteiger partial charge in [-0.2, -0.15) is 0 Å². The van der Waals surface area contributed by atoms with Crippen molar-refractivity contribution in [2.75, 3.05) is 6.54 Å². The number of rotatable bonds is 8. The highest BCUT2D eigenvalue weighted by Gasteiger charge is 2.34. The quantitative estimate of drug-likeness (QED) is 0.620. The summed E-state index contributed by atoms with van der Waals surface area (Å²) in [6.45, 7) is 12.8. The minimum absolute atomic E-state index is 0.101. The van der Waals surface area contributed by atoms with E-state index in [1.54, 1.807) is 52.0 Å². The van der Waals surface area contributed by atoms with Crippen LogP contribution in [0.2, 0.25) is 0 Å². The highest BCUT2D eigenvalue weighted by Crippen LogP contribution is 2.24. The van der Waals surface area contributed by atoms with Crippen LogP contribution in [0.1, 0.15) is 72.1 Å². The van der Waals surface area contributed by atoms with Gasteiger partial charge in [-0.25, -0.2) is 4.79 Å². The third-order valence-corrected chi connectivity index (χ3v) is 4.24. The van der Waals surface area contributed by atoms with Gasteiger partial charge in [0, 0.05) is 18.2 Å². The van der Waals surface area contributed by atoms with E-state index in [0.29, 0.717) is 24.1 Å². The fraction of sp³-hybridized carbons (Fsp3) is 0.542. The molecule has 0 aliphatic rings. The summed E-state index contributed by atoms with van der Waals surface area (Å²) in [5.41, 5.74) is 0.637. The van der Waals surface area contributed by atoms with Crippen molar-refractivity contribution in [2.45, 2.75) is 78.6 Å². The molecule has 0 fully saturated rings. The standard InChI is InChI=1S/C24H35N3O4/c1-9-15-27(22(29)17(5)26-23(30)31-24(6,7)8)20(21(28)25-16(3)4)19-13-11-18(10-2)12-14-19/h2,11-14,16-17,20H,9,15H2,1,3-8H3,(H,25,28)(H,26,30). The number of carbonyl (C=O) groups is 3. The summed E-state index contributed by atoms with van der Waals surface area (Å²) in [4.78, 5) is 40.0. The van der Waals surface area contributed by atoms with Crippen LogP contribution in [0.4, 0.5) is 4.79 Å². The maximum Gasteiger partial charge on any atom is 0.408 e. The molecule has 31 heavy (non-hydrogen) atoms. The SMILES string of the molecule is C#Cc1ccc(C(C(=O)NC(C)C)N(CCC)C(=O)C(C)NC(=O)OC(C)(C)C)cc1. The number of ether oxygens (including phenoxy) is 1. The lowest BCUT2D eigenvalue weighted by Gasteiger charge is -2.34. The number of carbonyl (C=O) groups excluding carboxylic acids is 3. The monoisotopic (exact) mass is 429 g/mol. The predicted molar refractivity (Wildman–Crippen MR) is 121 cm³/mol. The van der Waals surface area contributed by atoms with Gasteiger partial charge in [0.1, 0.15) is 17.7 Å². The fourth-order valence-electron chi connectivity index (χ4n) is 3.00. The van der Waals surface area contributed by atoms with Gasteiger partial charge in [0.25, 0.3) is 0 Å². The number of nitrogens with one attached hydrogen (secondary N) is 2. The second-order valence-corrected chi connectivity index (χ2v) is 8.73. The van der Waals surface area contributed by atoms with Crippen LogP contribution in [0.15, 0.2) is 24.3 Å². The molecule has 2 N–H and O–H groups in total. The topological polar surface area (TPSA) is 87.7 Å². The molecule has 7 heteroatoms. The molecule has 1 aromatic rings. The van der Waals surface area contributed by atoms with Crippen LogP contribution < -0.4 is 10.6 Å². The van der Waals surface area contributed by atoms with E-state index in [0.717, 1.165) is 0 Å². The van der Waals surface area contributed by atoms with E-state index >= 15 is 0 Å². The van der Waals surface area contributed by atoms with E-state index in [2.05, 4.69) is 16.6 Å². The molecule has 1 aromatic carbocycles. The number of nitrogens with zero attached hydrogens (tertiary/aromatic N) is 1. The van der Waals surface area contributed by atoms with Gasteiger partial charge in [-0.05, 0) is 65.7 Å². The first-order valence-electron chi connectivity index (χ1n) is 10.6. The Morgan fingerprint density at radius 1 is 1.10 bits per heavy atom. The van der Waals surface area contributed by atoms with Crippen LogP contribution in [0.3, 0.4) is 0 Å². The number of terminal acetylenes is 1. The first-order valence-corrected chi connectivity index (χ1v) is 10.6. The van der Waals surface area contributed by atoms with E-state index in [-0.39, 0.29) is 17.9 Å². The van der Waals surface area contributed by atoms with Crippen molar-refractivity contribution < 1.29 is 19.1 Å².